The van der Waals surface area contributed by atoms with Crippen molar-refractivity contribution in [1.29, 1.82) is 0 Å². The topological polar surface area (TPSA) is 64.1 Å². The van der Waals surface area contributed by atoms with E-state index >= 15 is 0 Å². The number of nitrogens with one attached hydrogen (secondary N) is 1. The van der Waals surface area contributed by atoms with Gasteiger partial charge >= 0.3 is 6.09 Å². The molecule has 0 radical (unpaired) electrons. The average Bonchev–Trinajstić information content (AvgIpc) is 2.47. The Morgan fingerprint density at radius 3 is 2.65 bits per heavy atom. The van der Waals surface area contributed by atoms with Crippen molar-refractivity contribution in [3.63, 3.8) is 0 Å². The molecule has 5 nitrogen and oxygen atoms in total. The quantitative estimate of drug-likeness (QED) is 0.940. The fourth-order valence-corrected chi connectivity index (χ4v) is 1.67. The van der Waals surface area contributed by atoms with Crippen LogP contribution in [-0.2, 0) is 11.3 Å². The van der Waals surface area contributed by atoms with Gasteiger partial charge in [-0.05, 0) is 24.6 Å². The summed E-state index contributed by atoms with van der Waals surface area (Å²) in [4.78, 5) is 11.7. The van der Waals surface area contributed by atoms with Crippen molar-refractivity contribution in [1.82, 2.24) is 15.5 Å². The monoisotopic (exact) mass is 291 g/mol. The van der Waals surface area contributed by atoms with Crippen LogP contribution in [0.5, 0.6) is 0 Å². The van der Waals surface area contributed by atoms with E-state index in [0.717, 1.165) is 5.56 Å². The van der Waals surface area contributed by atoms with E-state index in [0.29, 0.717) is 10.8 Å². The van der Waals surface area contributed by atoms with Gasteiger partial charge < -0.3 is 10.1 Å². The minimum Gasteiger partial charge on any atom is -0.445 e. The number of rotatable bonds is 4. The Morgan fingerprint density at radius 1 is 1.25 bits per heavy atom. The number of carbonyl (C=O) groups excluding carboxylic acids is 1. The summed E-state index contributed by atoms with van der Waals surface area (Å²) < 4.78 is 5.12. The fourth-order valence-electron chi connectivity index (χ4n) is 1.57. The van der Waals surface area contributed by atoms with E-state index in [2.05, 4.69) is 15.5 Å². The Labute approximate surface area is 121 Å². The van der Waals surface area contributed by atoms with Gasteiger partial charge in [-0.25, -0.2) is 4.79 Å². The molecule has 1 heterocycles. The number of alkyl carbamates (subject to hydrolysis) is 1. The lowest BCUT2D eigenvalue weighted by Gasteiger charge is -2.13. The molecule has 2 rings (SSSR count). The first-order valence-electron chi connectivity index (χ1n) is 6.11. The number of halogens is 1. The summed E-state index contributed by atoms with van der Waals surface area (Å²) in [6, 6.07) is 12.5. The molecule has 0 bridgehead atoms. The van der Waals surface area contributed by atoms with Crippen LogP contribution < -0.4 is 5.32 Å². The maximum Gasteiger partial charge on any atom is 0.407 e. The lowest BCUT2D eigenvalue weighted by Crippen LogP contribution is -2.28. The molecule has 0 aliphatic carbocycles. The van der Waals surface area contributed by atoms with Crippen LogP contribution in [0.3, 0.4) is 0 Å². The van der Waals surface area contributed by atoms with Gasteiger partial charge in [-0.3, -0.25) is 0 Å². The molecule has 0 spiro atoms. The molecule has 1 N–H and O–H groups in total. The van der Waals surface area contributed by atoms with Crippen LogP contribution in [0.15, 0.2) is 42.5 Å². The summed E-state index contributed by atoms with van der Waals surface area (Å²) >= 11 is 5.65. The summed E-state index contributed by atoms with van der Waals surface area (Å²) in [7, 11) is 0. The molecular formula is C14H14ClN3O2. The van der Waals surface area contributed by atoms with Crippen LogP contribution in [0.1, 0.15) is 24.2 Å². The van der Waals surface area contributed by atoms with Gasteiger partial charge in [-0.15, -0.1) is 5.10 Å². The zero-order valence-electron chi connectivity index (χ0n) is 10.9. The minimum absolute atomic E-state index is 0.228. The normalized spacial score (nSPS) is 11.7. The molecule has 0 fully saturated rings. The highest BCUT2D eigenvalue weighted by Gasteiger charge is 2.12. The van der Waals surface area contributed by atoms with Crippen LogP contribution in [0.25, 0.3) is 0 Å². The smallest absolute Gasteiger partial charge is 0.407 e. The van der Waals surface area contributed by atoms with Crippen molar-refractivity contribution >= 4 is 17.7 Å². The van der Waals surface area contributed by atoms with Crippen molar-refractivity contribution in [2.75, 3.05) is 0 Å². The van der Waals surface area contributed by atoms with Gasteiger partial charge in [0.05, 0.1) is 11.7 Å². The van der Waals surface area contributed by atoms with Crippen LogP contribution in [0, 0.1) is 0 Å². The SMILES string of the molecule is C[C@@H](NC(=O)OCc1ccccc1)c1ccc(Cl)nn1. The van der Waals surface area contributed by atoms with E-state index in [9.17, 15) is 4.79 Å². The predicted octanol–water partition coefficient (Wildman–Crippen LogP) is 3.12. The zero-order valence-corrected chi connectivity index (χ0v) is 11.7. The van der Waals surface area contributed by atoms with Crippen LogP contribution >= 0.6 is 11.6 Å². The number of hydrogen-bond acceptors (Lipinski definition) is 4. The minimum atomic E-state index is -0.502. The molecule has 0 saturated heterocycles. The first-order valence-corrected chi connectivity index (χ1v) is 6.49. The van der Waals surface area contributed by atoms with Crippen molar-refractivity contribution in [3.05, 3.63) is 58.9 Å². The maximum absolute atomic E-state index is 11.7. The number of nitrogens with zero attached hydrogens (tertiary/aromatic N) is 2. The number of hydrogen-bond donors (Lipinski definition) is 1. The van der Waals surface area contributed by atoms with Gasteiger partial charge in [0, 0.05) is 0 Å². The van der Waals surface area contributed by atoms with Crippen molar-refractivity contribution in [3.8, 4) is 0 Å². The second kappa shape index (κ2) is 6.86. The van der Waals surface area contributed by atoms with Gasteiger partial charge in [-0.2, -0.15) is 5.10 Å². The molecule has 0 saturated carbocycles. The number of amides is 1. The molecule has 1 aromatic carbocycles. The number of aromatic nitrogens is 2. The summed E-state index contributed by atoms with van der Waals surface area (Å²) in [5.74, 6) is 0. The molecule has 1 amide bonds. The van der Waals surface area contributed by atoms with E-state index in [1.165, 1.54) is 0 Å². The Hall–Kier alpha value is -2.14. The first-order chi connectivity index (χ1) is 9.65. The van der Waals surface area contributed by atoms with Gasteiger partial charge in [0.15, 0.2) is 5.15 Å². The third-order valence-electron chi connectivity index (χ3n) is 2.64. The highest BCUT2D eigenvalue weighted by Crippen LogP contribution is 2.11. The second-order valence-corrected chi connectivity index (χ2v) is 4.60. The summed E-state index contributed by atoms with van der Waals surface area (Å²) in [5.41, 5.74) is 1.55. The number of benzene rings is 1. The third-order valence-corrected chi connectivity index (χ3v) is 2.84. The van der Waals surface area contributed by atoms with E-state index in [1.807, 2.05) is 30.3 Å². The van der Waals surface area contributed by atoms with E-state index in [-0.39, 0.29) is 12.6 Å². The molecule has 1 atom stereocenters. The Kier molecular flexibility index (Phi) is 4.90. The van der Waals surface area contributed by atoms with Crippen molar-refractivity contribution in [2.24, 2.45) is 0 Å². The standard InChI is InChI=1S/C14H14ClN3O2/c1-10(12-7-8-13(15)18-17-12)16-14(19)20-9-11-5-3-2-4-6-11/h2-8,10H,9H2,1H3,(H,16,19)/t10-/m1/s1. The number of ether oxygens (including phenoxy) is 1. The van der Waals surface area contributed by atoms with Crippen LogP contribution in [0.4, 0.5) is 4.79 Å². The van der Waals surface area contributed by atoms with Crippen molar-refractivity contribution in [2.45, 2.75) is 19.6 Å². The molecule has 0 aliphatic rings. The van der Waals surface area contributed by atoms with E-state index < -0.39 is 6.09 Å². The predicted molar refractivity (Wildman–Crippen MR) is 75.2 cm³/mol. The van der Waals surface area contributed by atoms with Crippen LogP contribution in [0.2, 0.25) is 5.15 Å². The van der Waals surface area contributed by atoms with E-state index in [1.54, 1.807) is 19.1 Å². The van der Waals surface area contributed by atoms with Gasteiger partial charge in [0.1, 0.15) is 6.61 Å². The average molecular weight is 292 g/mol. The van der Waals surface area contributed by atoms with Gasteiger partial charge in [-0.1, -0.05) is 41.9 Å². The highest BCUT2D eigenvalue weighted by molar-refractivity contribution is 6.29. The first kappa shape index (κ1) is 14.3. The Bertz CT molecular complexity index is 560. The molecule has 104 valence electrons. The summed E-state index contributed by atoms with van der Waals surface area (Å²) in [6.45, 7) is 2.02. The molecule has 0 unspecified atom stereocenters. The molecule has 0 aliphatic heterocycles. The Morgan fingerprint density at radius 2 is 2.00 bits per heavy atom. The molecule has 1 aromatic heterocycles. The second-order valence-electron chi connectivity index (χ2n) is 4.21. The largest absolute Gasteiger partial charge is 0.445 e. The lowest BCUT2D eigenvalue weighted by molar-refractivity contribution is 0.136. The molecule has 2 aromatic rings. The zero-order chi connectivity index (χ0) is 14.4. The molecule has 20 heavy (non-hydrogen) atoms. The van der Waals surface area contributed by atoms with Crippen molar-refractivity contribution < 1.29 is 9.53 Å². The molecule has 6 heteroatoms. The Balaban J connectivity index is 1.83. The van der Waals surface area contributed by atoms with E-state index in [4.69, 9.17) is 16.3 Å². The highest BCUT2D eigenvalue weighted by atomic mass is 35.5. The van der Waals surface area contributed by atoms with Gasteiger partial charge in [0.25, 0.3) is 0 Å². The maximum atomic E-state index is 11.7. The van der Waals surface area contributed by atoms with Crippen LogP contribution in [-0.4, -0.2) is 16.3 Å². The lowest BCUT2D eigenvalue weighted by atomic mass is 10.2. The number of carbonyl (C=O) groups is 1. The summed E-state index contributed by atoms with van der Waals surface area (Å²) in [6.07, 6.45) is -0.502. The summed E-state index contributed by atoms with van der Waals surface area (Å²) in [5, 5.41) is 10.6. The fraction of sp³-hybridized carbons (Fsp3) is 0.214. The molecular weight excluding hydrogens is 278 g/mol. The third kappa shape index (κ3) is 4.20. The van der Waals surface area contributed by atoms with Gasteiger partial charge in [0.2, 0.25) is 0 Å².